The van der Waals surface area contributed by atoms with E-state index in [0.29, 0.717) is 11.6 Å². The first-order valence-electron chi connectivity index (χ1n) is 6.88. The van der Waals surface area contributed by atoms with Crippen molar-refractivity contribution < 1.29 is 8.78 Å². The fraction of sp³-hybridized carbons (Fsp3) is 0.600. The molecule has 1 nitrogen and oxygen atoms in total. The number of nitrogens with one attached hydrogen (secondary N) is 1. The Balaban J connectivity index is 1.90. The minimum Gasteiger partial charge on any atom is -0.382 e. The topological polar surface area (TPSA) is 12.0 Å². The van der Waals surface area contributed by atoms with Crippen molar-refractivity contribution >= 4 is 5.69 Å². The molecule has 1 aliphatic heterocycles. The van der Waals surface area contributed by atoms with Crippen LogP contribution >= 0.6 is 0 Å². The maximum atomic E-state index is 13.7. The van der Waals surface area contributed by atoms with Crippen molar-refractivity contribution in [2.75, 3.05) is 11.9 Å². The Morgan fingerprint density at radius 3 is 2.83 bits per heavy atom. The molecule has 0 bridgehead atoms. The lowest BCUT2D eigenvalue weighted by atomic mass is 9.74. The Morgan fingerprint density at radius 2 is 2.06 bits per heavy atom. The van der Waals surface area contributed by atoms with Crippen LogP contribution in [-0.4, -0.2) is 6.54 Å². The minimum absolute atomic E-state index is 0.285. The van der Waals surface area contributed by atoms with Crippen molar-refractivity contribution in [2.45, 2.75) is 38.5 Å². The summed E-state index contributed by atoms with van der Waals surface area (Å²) in [6, 6.07) is 2.49. The number of fused-ring (bicyclic) bond motifs is 1. The van der Waals surface area contributed by atoms with E-state index in [1.807, 2.05) is 0 Å². The van der Waals surface area contributed by atoms with Gasteiger partial charge < -0.3 is 5.32 Å². The first kappa shape index (κ1) is 11.9. The molecule has 98 valence electrons. The normalized spacial score (nSPS) is 30.9. The molecule has 3 atom stereocenters. The smallest absolute Gasteiger partial charge is 0.149 e. The number of halogens is 2. The number of hydrogen-bond donors (Lipinski definition) is 1. The number of rotatable bonds is 1. The van der Waals surface area contributed by atoms with E-state index in [2.05, 4.69) is 12.2 Å². The van der Waals surface area contributed by atoms with Crippen LogP contribution in [0.25, 0.3) is 0 Å². The molecule has 18 heavy (non-hydrogen) atoms. The van der Waals surface area contributed by atoms with Crippen molar-refractivity contribution in [3.05, 3.63) is 29.3 Å². The van der Waals surface area contributed by atoms with Crippen LogP contribution in [0.4, 0.5) is 14.5 Å². The molecule has 0 amide bonds. The van der Waals surface area contributed by atoms with Gasteiger partial charge in [-0.15, -0.1) is 0 Å². The predicted octanol–water partition coefficient (Wildman–Crippen LogP) is 4.30. The van der Waals surface area contributed by atoms with Gasteiger partial charge in [-0.2, -0.15) is 0 Å². The largest absolute Gasteiger partial charge is 0.382 e. The summed E-state index contributed by atoms with van der Waals surface area (Å²) in [6.07, 6.45) is 4.91. The van der Waals surface area contributed by atoms with Crippen LogP contribution in [0, 0.1) is 23.5 Å². The van der Waals surface area contributed by atoms with Crippen LogP contribution in [0.1, 0.15) is 44.1 Å². The van der Waals surface area contributed by atoms with E-state index < -0.39 is 11.6 Å². The molecule has 3 rings (SSSR count). The van der Waals surface area contributed by atoms with Crippen molar-refractivity contribution in [2.24, 2.45) is 11.8 Å². The van der Waals surface area contributed by atoms with Crippen LogP contribution in [0.3, 0.4) is 0 Å². The molecule has 2 aliphatic rings. The van der Waals surface area contributed by atoms with E-state index in [1.54, 1.807) is 0 Å². The van der Waals surface area contributed by atoms with E-state index in [1.165, 1.54) is 31.7 Å². The maximum Gasteiger partial charge on any atom is 0.149 e. The Morgan fingerprint density at radius 1 is 1.22 bits per heavy atom. The summed E-state index contributed by atoms with van der Waals surface area (Å²) in [6.45, 7) is 3.04. The lowest BCUT2D eigenvalue weighted by molar-refractivity contribution is 0.253. The zero-order valence-corrected chi connectivity index (χ0v) is 10.7. The lowest BCUT2D eigenvalue weighted by Crippen LogP contribution is -2.21. The summed E-state index contributed by atoms with van der Waals surface area (Å²) in [5.41, 5.74) is 1.38. The van der Waals surface area contributed by atoms with Gasteiger partial charge in [-0.1, -0.05) is 19.8 Å². The molecule has 3 heteroatoms. The predicted molar refractivity (Wildman–Crippen MR) is 68.7 cm³/mol. The maximum absolute atomic E-state index is 13.7. The van der Waals surface area contributed by atoms with Crippen molar-refractivity contribution in [3.63, 3.8) is 0 Å². The molecule has 1 aromatic carbocycles. The molecule has 0 radical (unpaired) electrons. The molecule has 1 heterocycles. The molecule has 1 aliphatic carbocycles. The highest BCUT2D eigenvalue weighted by Crippen LogP contribution is 2.44. The molecule has 0 saturated heterocycles. The average Bonchev–Trinajstić information content (AvgIpc) is 2.72. The number of benzene rings is 1. The third kappa shape index (κ3) is 2.00. The molecule has 0 aromatic heterocycles. The lowest BCUT2D eigenvalue weighted by Gasteiger charge is -2.31. The van der Waals surface area contributed by atoms with Crippen LogP contribution in [0.5, 0.6) is 0 Å². The van der Waals surface area contributed by atoms with Gasteiger partial charge in [0.2, 0.25) is 0 Å². The molecule has 0 spiro atoms. The second kappa shape index (κ2) is 4.52. The van der Waals surface area contributed by atoms with E-state index in [4.69, 9.17) is 0 Å². The molecule has 1 N–H and O–H groups in total. The average molecular weight is 251 g/mol. The molecular formula is C15H19F2N. The Bertz CT molecular complexity index is 458. The summed E-state index contributed by atoms with van der Waals surface area (Å²) in [4.78, 5) is 0. The number of anilines is 1. The van der Waals surface area contributed by atoms with Crippen molar-refractivity contribution in [1.29, 1.82) is 0 Å². The molecule has 1 saturated carbocycles. The summed E-state index contributed by atoms with van der Waals surface area (Å²) in [5.74, 6) is 0.697. The van der Waals surface area contributed by atoms with Gasteiger partial charge in [0.25, 0.3) is 0 Å². The second-order valence-corrected chi connectivity index (χ2v) is 5.87. The van der Waals surface area contributed by atoms with Gasteiger partial charge in [-0.25, -0.2) is 8.78 Å². The Labute approximate surface area is 107 Å². The van der Waals surface area contributed by atoms with E-state index in [0.717, 1.165) is 24.1 Å². The van der Waals surface area contributed by atoms with Gasteiger partial charge in [0.1, 0.15) is 11.6 Å². The van der Waals surface area contributed by atoms with E-state index in [9.17, 15) is 8.78 Å². The highest BCUT2D eigenvalue weighted by molar-refractivity contribution is 5.59. The molecule has 3 unspecified atom stereocenters. The van der Waals surface area contributed by atoms with Gasteiger partial charge in [0.15, 0.2) is 0 Å². The van der Waals surface area contributed by atoms with Crippen LogP contribution < -0.4 is 5.32 Å². The number of hydrogen-bond acceptors (Lipinski definition) is 1. The third-order valence-electron chi connectivity index (χ3n) is 4.53. The van der Waals surface area contributed by atoms with Gasteiger partial charge in [0.05, 0.1) is 5.69 Å². The Hall–Kier alpha value is -1.12. The quantitative estimate of drug-likeness (QED) is 0.784. The van der Waals surface area contributed by atoms with E-state index >= 15 is 0 Å². The summed E-state index contributed by atoms with van der Waals surface area (Å²) >= 11 is 0. The second-order valence-electron chi connectivity index (χ2n) is 5.87. The first-order chi connectivity index (χ1) is 8.65. The van der Waals surface area contributed by atoms with Gasteiger partial charge >= 0.3 is 0 Å². The van der Waals surface area contributed by atoms with Crippen LogP contribution in [0.15, 0.2) is 12.1 Å². The molecule has 1 aromatic rings. The van der Waals surface area contributed by atoms with Crippen molar-refractivity contribution in [1.82, 2.24) is 0 Å². The SMILES string of the molecule is CC1CCCC(C2CNc3c(F)cc(F)cc32)C1. The standard InChI is InChI=1S/C15H19F2N/c1-9-3-2-4-10(5-9)13-8-18-15-12(13)6-11(16)7-14(15)17/h6-7,9-10,13,18H,2-5,8H2,1H3. The van der Waals surface area contributed by atoms with Crippen LogP contribution in [-0.2, 0) is 0 Å². The van der Waals surface area contributed by atoms with Gasteiger partial charge in [0, 0.05) is 18.5 Å². The highest BCUT2D eigenvalue weighted by Gasteiger charge is 2.34. The van der Waals surface area contributed by atoms with Gasteiger partial charge in [-0.3, -0.25) is 0 Å². The van der Waals surface area contributed by atoms with E-state index in [-0.39, 0.29) is 5.92 Å². The fourth-order valence-corrected chi connectivity index (χ4v) is 3.66. The highest BCUT2D eigenvalue weighted by atomic mass is 19.1. The third-order valence-corrected chi connectivity index (χ3v) is 4.53. The fourth-order valence-electron chi connectivity index (χ4n) is 3.66. The molecular weight excluding hydrogens is 232 g/mol. The zero-order chi connectivity index (χ0) is 12.7. The zero-order valence-electron chi connectivity index (χ0n) is 10.7. The summed E-state index contributed by atoms with van der Waals surface area (Å²) in [7, 11) is 0. The first-order valence-corrected chi connectivity index (χ1v) is 6.88. The summed E-state index contributed by atoms with van der Waals surface area (Å²) < 4.78 is 27.0. The molecule has 1 fully saturated rings. The van der Waals surface area contributed by atoms with Gasteiger partial charge in [-0.05, 0) is 36.3 Å². The van der Waals surface area contributed by atoms with Crippen molar-refractivity contribution in [3.8, 4) is 0 Å². The summed E-state index contributed by atoms with van der Waals surface area (Å²) in [5, 5.41) is 3.12. The van der Waals surface area contributed by atoms with Crippen LogP contribution in [0.2, 0.25) is 0 Å². The Kier molecular flexibility index (Phi) is 3.00. The minimum atomic E-state index is -0.455. The monoisotopic (exact) mass is 251 g/mol.